The highest BCUT2D eigenvalue weighted by molar-refractivity contribution is 6.33. The van der Waals surface area contributed by atoms with Crippen LogP contribution in [0.15, 0.2) is 22.7 Å². The summed E-state index contributed by atoms with van der Waals surface area (Å²) < 4.78 is 5.24. The minimum Gasteiger partial charge on any atom is -0.397 e. The Balaban J connectivity index is 1.97. The number of benzene rings is 1. The van der Waals surface area contributed by atoms with E-state index in [0.717, 1.165) is 18.7 Å². The van der Waals surface area contributed by atoms with Gasteiger partial charge in [0.25, 0.3) is 5.89 Å². The average molecular weight is 250 g/mol. The van der Waals surface area contributed by atoms with Crippen LogP contribution in [0, 0.1) is 0 Å². The summed E-state index contributed by atoms with van der Waals surface area (Å²) >= 11 is 5.96. The van der Waals surface area contributed by atoms with Gasteiger partial charge in [-0.2, -0.15) is 4.98 Å². The number of aromatic nitrogens is 2. The van der Waals surface area contributed by atoms with Gasteiger partial charge in [0.15, 0.2) is 5.82 Å². The molecule has 1 heterocycles. The molecule has 2 aromatic rings. The molecule has 88 valence electrons. The van der Waals surface area contributed by atoms with Crippen molar-refractivity contribution in [1.29, 1.82) is 0 Å². The molecule has 1 aliphatic carbocycles. The first-order chi connectivity index (χ1) is 8.25. The number of nitrogens with zero attached hydrogens (tertiary/aromatic N) is 2. The van der Waals surface area contributed by atoms with Crippen LogP contribution >= 0.6 is 11.6 Å². The highest BCUT2D eigenvalue weighted by Gasteiger charge is 2.25. The molecule has 17 heavy (non-hydrogen) atoms. The molecule has 5 heteroatoms. The van der Waals surface area contributed by atoms with Gasteiger partial charge in [0.2, 0.25) is 0 Å². The first-order valence-corrected chi connectivity index (χ1v) is 6.01. The van der Waals surface area contributed by atoms with Gasteiger partial charge in [-0.25, -0.2) is 0 Å². The fraction of sp³-hybridized carbons (Fsp3) is 0.333. The molecule has 1 aliphatic rings. The van der Waals surface area contributed by atoms with E-state index in [1.54, 1.807) is 6.07 Å². The van der Waals surface area contributed by atoms with E-state index in [0.29, 0.717) is 28.1 Å². The number of hydrogen-bond donors (Lipinski definition) is 1. The Bertz CT molecular complexity index is 548. The van der Waals surface area contributed by atoms with Gasteiger partial charge in [0, 0.05) is 5.92 Å². The molecule has 2 N–H and O–H groups in total. The van der Waals surface area contributed by atoms with Crippen molar-refractivity contribution in [3.8, 4) is 11.5 Å². The Hall–Kier alpha value is -1.55. The lowest BCUT2D eigenvalue weighted by Gasteiger charge is -2.20. The minimum atomic E-state index is 0.451. The molecule has 1 fully saturated rings. The Morgan fingerprint density at radius 2 is 2.18 bits per heavy atom. The molecule has 0 saturated heterocycles. The quantitative estimate of drug-likeness (QED) is 0.830. The normalized spacial score (nSPS) is 15.8. The van der Waals surface area contributed by atoms with E-state index in [2.05, 4.69) is 10.1 Å². The van der Waals surface area contributed by atoms with Gasteiger partial charge in [0.1, 0.15) is 0 Å². The lowest BCUT2D eigenvalue weighted by Crippen LogP contribution is -2.10. The molecular weight excluding hydrogens is 238 g/mol. The summed E-state index contributed by atoms with van der Waals surface area (Å²) in [6.45, 7) is 0. The Labute approximate surface area is 104 Å². The van der Waals surface area contributed by atoms with Crippen LogP contribution < -0.4 is 5.73 Å². The summed E-state index contributed by atoms with van der Waals surface area (Å²) in [6.07, 6.45) is 3.53. The third-order valence-electron chi connectivity index (χ3n) is 3.20. The summed E-state index contributed by atoms with van der Waals surface area (Å²) in [6, 6.07) is 5.39. The van der Waals surface area contributed by atoms with Gasteiger partial charge in [-0.05, 0) is 25.0 Å². The molecule has 0 amide bonds. The van der Waals surface area contributed by atoms with Crippen molar-refractivity contribution < 1.29 is 4.52 Å². The van der Waals surface area contributed by atoms with E-state index >= 15 is 0 Å². The molecular formula is C12H12ClN3O. The predicted molar refractivity (Wildman–Crippen MR) is 65.7 cm³/mol. The van der Waals surface area contributed by atoms with Crippen LogP contribution in [0.4, 0.5) is 5.69 Å². The third-order valence-corrected chi connectivity index (χ3v) is 3.52. The van der Waals surface area contributed by atoms with Crippen molar-refractivity contribution in [3.63, 3.8) is 0 Å². The second kappa shape index (κ2) is 4.04. The van der Waals surface area contributed by atoms with Crippen LogP contribution in [0.5, 0.6) is 0 Å². The van der Waals surface area contributed by atoms with Crippen LogP contribution in [0.3, 0.4) is 0 Å². The van der Waals surface area contributed by atoms with Crippen molar-refractivity contribution in [2.45, 2.75) is 25.2 Å². The second-order valence-corrected chi connectivity index (χ2v) is 4.69. The highest BCUT2D eigenvalue weighted by atomic mass is 35.5. The molecule has 1 aromatic heterocycles. The Kier molecular flexibility index (Phi) is 2.52. The summed E-state index contributed by atoms with van der Waals surface area (Å²) in [4.78, 5) is 4.39. The molecule has 0 atom stereocenters. The van der Waals surface area contributed by atoms with E-state index in [1.165, 1.54) is 6.42 Å². The largest absolute Gasteiger partial charge is 0.397 e. The van der Waals surface area contributed by atoms with Crippen LogP contribution in [-0.2, 0) is 0 Å². The molecule has 3 rings (SSSR count). The molecule has 0 spiro atoms. The topological polar surface area (TPSA) is 64.9 Å². The maximum atomic E-state index is 5.96. The zero-order chi connectivity index (χ0) is 11.8. The minimum absolute atomic E-state index is 0.451. The average Bonchev–Trinajstić information content (AvgIpc) is 2.68. The van der Waals surface area contributed by atoms with E-state index in [1.807, 2.05) is 12.1 Å². The molecule has 0 aliphatic heterocycles. The van der Waals surface area contributed by atoms with Crippen LogP contribution in [0.1, 0.15) is 31.0 Å². The maximum Gasteiger partial charge on any atom is 0.260 e. The number of halogens is 1. The third kappa shape index (κ3) is 1.78. The van der Waals surface area contributed by atoms with Crippen molar-refractivity contribution >= 4 is 17.3 Å². The number of nitrogen functional groups attached to an aromatic ring is 1. The highest BCUT2D eigenvalue weighted by Crippen LogP contribution is 2.36. The number of rotatable bonds is 2. The molecule has 1 saturated carbocycles. The fourth-order valence-electron chi connectivity index (χ4n) is 1.90. The Morgan fingerprint density at radius 3 is 2.88 bits per heavy atom. The van der Waals surface area contributed by atoms with E-state index in [9.17, 15) is 0 Å². The van der Waals surface area contributed by atoms with Gasteiger partial charge in [-0.3, -0.25) is 0 Å². The molecule has 1 aromatic carbocycles. The van der Waals surface area contributed by atoms with Gasteiger partial charge in [0.05, 0.1) is 16.3 Å². The van der Waals surface area contributed by atoms with E-state index in [-0.39, 0.29) is 0 Å². The van der Waals surface area contributed by atoms with Gasteiger partial charge >= 0.3 is 0 Å². The first kappa shape index (κ1) is 10.6. The van der Waals surface area contributed by atoms with Gasteiger partial charge in [-0.1, -0.05) is 29.2 Å². The lowest BCUT2D eigenvalue weighted by atomic mass is 9.85. The first-order valence-electron chi connectivity index (χ1n) is 5.63. The number of anilines is 1. The van der Waals surface area contributed by atoms with Gasteiger partial charge in [-0.15, -0.1) is 0 Å². The summed E-state index contributed by atoms with van der Waals surface area (Å²) in [5.74, 6) is 1.69. The second-order valence-electron chi connectivity index (χ2n) is 4.29. The number of para-hydroxylation sites is 1. The monoisotopic (exact) mass is 249 g/mol. The van der Waals surface area contributed by atoms with Crippen molar-refractivity contribution in [2.75, 3.05) is 5.73 Å². The zero-order valence-electron chi connectivity index (χ0n) is 9.19. The fourth-order valence-corrected chi connectivity index (χ4v) is 2.07. The smallest absolute Gasteiger partial charge is 0.260 e. The van der Waals surface area contributed by atoms with Gasteiger partial charge < -0.3 is 10.3 Å². The summed E-state index contributed by atoms with van der Waals surface area (Å²) in [5, 5.41) is 4.51. The van der Waals surface area contributed by atoms with E-state index in [4.69, 9.17) is 21.9 Å². The molecule has 0 bridgehead atoms. The standard InChI is InChI=1S/C12H12ClN3O/c13-9-6-2-5-8(10(9)14)12-15-11(16-17-12)7-3-1-4-7/h2,5-7H,1,3-4,14H2. The summed E-state index contributed by atoms with van der Waals surface area (Å²) in [7, 11) is 0. The Morgan fingerprint density at radius 1 is 1.35 bits per heavy atom. The van der Waals surface area contributed by atoms with Crippen LogP contribution in [-0.4, -0.2) is 10.1 Å². The maximum absolute atomic E-state index is 5.96. The van der Waals surface area contributed by atoms with Crippen molar-refractivity contribution in [1.82, 2.24) is 10.1 Å². The number of hydrogen-bond acceptors (Lipinski definition) is 4. The number of nitrogens with two attached hydrogens (primary N) is 1. The summed E-state index contributed by atoms with van der Waals surface area (Å²) in [5.41, 5.74) is 7.08. The zero-order valence-corrected chi connectivity index (χ0v) is 9.94. The molecule has 0 radical (unpaired) electrons. The lowest BCUT2D eigenvalue weighted by molar-refractivity contribution is 0.366. The van der Waals surface area contributed by atoms with Crippen molar-refractivity contribution in [3.05, 3.63) is 29.0 Å². The SMILES string of the molecule is Nc1c(Cl)cccc1-c1nc(C2CCC2)no1. The van der Waals surface area contributed by atoms with E-state index < -0.39 is 0 Å². The molecule has 0 unspecified atom stereocenters. The van der Waals surface area contributed by atoms with Crippen molar-refractivity contribution in [2.24, 2.45) is 0 Å². The van der Waals surface area contributed by atoms with Crippen LogP contribution in [0.2, 0.25) is 5.02 Å². The molecule has 4 nitrogen and oxygen atoms in total. The van der Waals surface area contributed by atoms with Crippen LogP contribution in [0.25, 0.3) is 11.5 Å². The predicted octanol–water partition coefficient (Wildman–Crippen LogP) is 3.24.